The molecule has 0 unspecified atom stereocenters. The van der Waals surface area contributed by atoms with Gasteiger partial charge in [0.05, 0.1) is 23.4 Å². The van der Waals surface area contributed by atoms with Crippen LogP contribution in [-0.4, -0.2) is 24.4 Å². The summed E-state index contributed by atoms with van der Waals surface area (Å²) in [6.45, 7) is 3.68. The van der Waals surface area contributed by atoms with E-state index in [0.717, 1.165) is 0 Å². The van der Waals surface area contributed by atoms with Gasteiger partial charge in [-0.25, -0.2) is 0 Å². The zero-order chi connectivity index (χ0) is 19.1. The quantitative estimate of drug-likeness (QED) is 0.726. The Labute approximate surface area is 157 Å². The lowest BCUT2D eigenvalue weighted by atomic mass is 10.1. The lowest BCUT2D eigenvalue weighted by Crippen LogP contribution is -2.31. The second-order valence-corrected chi connectivity index (χ2v) is 6.31. The van der Waals surface area contributed by atoms with Gasteiger partial charge in [-0.15, -0.1) is 0 Å². The summed E-state index contributed by atoms with van der Waals surface area (Å²) in [6, 6.07) is 13.6. The molecule has 134 valence electrons. The summed E-state index contributed by atoms with van der Waals surface area (Å²) in [5, 5.41) is 17.9. The predicted octanol–water partition coefficient (Wildman–Crippen LogP) is 3.40. The Morgan fingerprint density at radius 1 is 1.15 bits per heavy atom. The van der Waals surface area contributed by atoms with Crippen molar-refractivity contribution in [3.05, 3.63) is 58.6 Å². The Kier molecular flexibility index (Phi) is 6.59. The summed E-state index contributed by atoms with van der Waals surface area (Å²) >= 11 is 5.91. The van der Waals surface area contributed by atoms with E-state index in [2.05, 4.69) is 16.0 Å². The molecule has 0 radical (unpaired) electrons. The molecule has 0 heterocycles. The van der Waals surface area contributed by atoms with Gasteiger partial charge in [0.25, 0.3) is 5.91 Å². The Balaban J connectivity index is 2.06. The first-order chi connectivity index (χ1) is 12.4. The third-order valence-electron chi connectivity index (χ3n) is 3.41. The zero-order valence-corrected chi connectivity index (χ0v) is 15.2. The second kappa shape index (κ2) is 8.88. The summed E-state index contributed by atoms with van der Waals surface area (Å²) in [7, 11) is 0. The van der Waals surface area contributed by atoms with Gasteiger partial charge in [-0.3, -0.25) is 9.59 Å². The Hall–Kier alpha value is -3.04. The standard InChI is InChI=1S/C19H19ClN4O2/c1-12(2)23-19(26)15-5-3-4-6-16(15)22-11-18(25)24-17-9-14(20)8-7-13(17)10-21/h3-9,12,22H,11H2,1-2H3,(H,23,26)(H,24,25). The van der Waals surface area contributed by atoms with E-state index in [-0.39, 0.29) is 24.4 Å². The number of halogens is 1. The van der Waals surface area contributed by atoms with E-state index >= 15 is 0 Å². The summed E-state index contributed by atoms with van der Waals surface area (Å²) in [5.41, 5.74) is 1.67. The number of amides is 2. The number of nitrogens with zero attached hydrogens (tertiary/aromatic N) is 1. The Bertz CT molecular complexity index is 859. The number of rotatable bonds is 6. The molecule has 2 amide bonds. The van der Waals surface area contributed by atoms with Crippen LogP contribution in [0.25, 0.3) is 0 Å². The second-order valence-electron chi connectivity index (χ2n) is 5.88. The highest BCUT2D eigenvalue weighted by molar-refractivity contribution is 6.31. The van der Waals surface area contributed by atoms with E-state index in [0.29, 0.717) is 27.5 Å². The Morgan fingerprint density at radius 2 is 1.88 bits per heavy atom. The largest absolute Gasteiger partial charge is 0.376 e. The predicted molar refractivity (Wildman–Crippen MR) is 102 cm³/mol. The van der Waals surface area contributed by atoms with Crippen molar-refractivity contribution in [2.24, 2.45) is 0 Å². The maximum atomic E-state index is 12.2. The van der Waals surface area contributed by atoms with Crippen LogP contribution in [0.15, 0.2) is 42.5 Å². The van der Waals surface area contributed by atoms with Gasteiger partial charge in [0.1, 0.15) is 6.07 Å². The molecule has 3 N–H and O–H groups in total. The van der Waals surface area contributed by atoms with Crippen LogP contribution in [0.3, 0.4) is 0 Å². The van der Waals surface area contributed by atoms with Crippen LogP contribution in [0.4, 0.5) is 11.4 Å². The molecule has 0 fully saturated rings. The van der Waals surface area contributed by atoms with E-state index in [1.807, 2.05) is 19.9 Å². The Morgan fingerprint density at radius 3 is 2.58 bits per heavy atom. The van der Waals surface area contributed by atoms with Gasteiger partial charge in [0.2, 0.25) is 5.91 Å². The molecule has 0 bridgehead atoms. The lowest BCUT2D eigenvalue weighted by molar-refractivity contribution is -0.114. The normalized spacial score (nSPS) is 10.1. The zero-order valence-electron chi connectivity index (χ0n) is 14.5. The molecule has 0 aliphatic carbocycles. The van der Waals surface area contributed by atoms with E-state index in [9.17, 15) is 9.59 Å². The maximum absolute atomic E-state index is 12.2. The highest BCUT2D eigenvalue weighted by Gasteiger charge is 2.13. The molecule has 0 aliphatic heterocycles. The van der Waals surface area contributed by atoms with Gasteiger partial charge in [-0.1, -0.05) is 23.7 Å². The van der Waals surface area contributed by atoms with Crippen LogP contribution in [0.5, 0.6) is 0 Å². The van der Waals surface area contributed by atoms with Gasteiger partial charge in [0, 0.05) is 16.8 Å². The molecule has 0 aliphatic rings. The minimum Gasteiger partial charge on any atom is -0.376 e. The summed E-state index contributed by atoms with van der Waals surface area (Å²) in [6.07, 6.45) is 0. The minimum atomic E-state index is -0.358. The maximum Gasteiger partial charge on any atom is 0.253 e. The number of hydrogen-bond acceptors (Lipinski definition) is 4. The van der Waals surface area contributed by atoms with E-state index in [1.165, 1.54) is 12.1 Å². The van der Waals surface area contributed by atoms with Crippen molar-refractivity contribution >= 4 is 34.8 Å². The van der Waals surface area contributed by atoms with Crippen molar-refractivity contribution in [2.75, 3.05) is 17.2 Å². The number of benzene rings is 2. The van der Waals surface area contributed by atoms with Crippen LogP contribution in [0.1, 0.15) is 29.8 Å². The fourth-order valence-electron chi connectivity index (χ4n) is 2.26. The molecule has 2 rings (SSSR count). The van der Waals surface area contributed by atoms with Gasteiger partial charge in [-0.2, -0.15) is 5.26 Å². The first-order valence-corrected chi connectivity index (χ1v) is 8.41. The van der Waals surface area contributed by atoms with Crippen molar-refractivity contribution in [1.82, 2.24) is 5.32 Å². The third-order valence-corrected chi connectivity index (χ3v) is 3.64. The molecule has 0 saturated heterocycles. The summed E-state index contributed by atoms with van der Waals surface area (Å²) < 4.78 is 0. The molecule has 2 aromatic rings. The van der Waals surface area contributed by atoms with Crippen molar-refractivity contribution in [2.45, 2.75) is 19.9 Å². The van der Waals surface area contributed by atoms with Crippen LogP contribution in [0.2, 0.25) is 5.02 Å². The molecule has 0 atom stereocenters. The number of nitrogens with one attached hydrogen (secondary N) is 3. The van der Waals surface area contributed by atoms with Crippen LogP contribution < -0.4 is 16.0 Å². The van der Waals surface area contributed by atoms with E-state index in [4.69, 9.17) is 16.9 Å². The van der Waals surface area contributed by atoms with E-state index in [1.54, 1.807) is 30.3 Å². The van der Waals surface area contributed by atoms with Crippen LogP contribution in [0, 0.1) is 11.3 Å². The minimum absolute atomic E-state index is 0.00564. The van der Waals surface area contributed by atoms with Crippen molar-refractivity contribution < 1.29 is 9.59 Å². The van der Waals surface area contributed by atoms with Crippen molar-refractivity contribution in [1.29, 1.82) is 5.26 Å². The van der Waals surface area contributed by atoms with E-state index < -0.39 is 0 Å². The summed E-state index contributed by atoms with van der Waals surface area (Å²) in [4.78, 5) is 24.4. The fourth-order valence-corrected chi connectivity index (χ4v) is 2.43. The molecule has 2 aromatic carbocycles. The third kappa shape index (κ3) is 5.23. The highest BCUT2D eigenvalue weighted by Crippen LogP contribution is 2.20. The van der Waals surface area contributed by atoms with Crippen LogP contribution in [-0.2, 0) is 4.79 Å². The molecule has 26 heavy (non-hydrogen) atoms. The molecule has 7 heteroatoms. The molecular weight excluding hydrogens is 352 g/mol. The molecule has 0 spiro atoms. The molecule has 0 aromatic heterocycles. The highest BCUT2D eigenvalue weighted by atomic mass is 35.5. The van der Waals surface area contributed by atoms with Gasteiger partial charge >= 0.3 is 0 Å². The molecular formula is C19H19ClN4O2. The molecule has 0 saturated carbocycles. The number of carbonyl (C=O) groups is 2. The number of carbonyl (C=O) groups excluding carboxylic acids is 2. The number of anilines is 2. The first-order valence-electron chi connectivity index (χ1n) is 8.04. The lowest BCUT2D eigenvalue weighted by Gasteiger charge is -2.14. The fraction of sp³-hybridized carbons (Fsp3) is 0.211. The number of nitriles is 1. The SMILES string of the molecule is CC(C)NC(=O)c1ccccc1NCC(=O)Nc1cc(Cl)ccc1C#N. The number of hydrogen-bond donors (Lipinski definition) is 3. The van der Waals surface area contributed by atoms with Crippen molar-refractivity contribution in [3.8, 4) is 6.07 Å². The smallest absolute Gasteiger partial charge is 0.253 e. The van der Waals surface area contributed by atoms with Gasteiger partial charge < -0.3 is 16.0 Å². The first kappa shape index (κ1) is 19.3. The molecule has 6 nitrogen and oxygen atoms in total. The average Bonchev–Trinajstić information content (AvgIpc) is 2.60. The van der Waals surface area contributed by atoms with Gasteiger partial charge in [0.15, 0.2) is 0 Å². The topological polar surface area (TPSA) is 94.0 Å². The van der Waals surface area contributed by atoms with Gasteiger partial charge in [-0.05, 0) is 44.2 Å². The van der Waals surface area contributed by atoms with Crippen LogP contribution >= 0.6 is 11.6 Å². The summed E-state index contributed by atoms with van der Waals surface area (Å²) in [5.74, 6) is -0.576. The number of para-hydroxylation sites is 1. The monoisotopic (exact) mass is 370 g/mol. The van der Waals surface area contributed by atoms with Crippen molar-refractivity contribution in [3.63, 3.8) is 0 Å². The average molecular weight is 371 g/mol.